The van der Waals surface area contributed by atoms with Crippen LogP contribution in [0.3, 0.4) is 0 Å². The van der Waals surface area contributed by atoms with Gasteiger partial charge in [-0.1, -0.05) is 17.3 Å². The fourth-order valence-corrected chi connectivity index (χ4v) is 2.56. The molecule has 2 rings (SSSR count). The molecule has 0 amide bonds. The van der Waals surface area contributed by atoms with Gasteiger partial charge in [-0.25, -0.2) is 4.39 Å². The molecule has 0 radical (unpaired) electrons. The average molecular weight is 490 g/mol. The summed E-state index contributed by atoms with van der Waals surface area (Å²) < 4.78 is 24.3. The summed E-state index contributed by atoms with van der Waals surface area (Å²) in [7, 11) is 1.93. The van der Waals surface area contributed by atoms with E-state index in [1.807, 2.05) is 32.7 Å². The summed E-state index contributed by atoms with van der Waals surface area (Å²) in [6.07, 6.45) is 0.773. The molecule has 1 heterocycles. The largest absolute Gasteiger partial charge is 0.489 e. The molecule has 2 aromatic rings. The molecule has 1 aromatic heterocycles. The molecule has 8 heteroatoms. The van der Waals surface area contributed by atoms with Gasteiger partial charge in [0.2, 0.25) is 0 Å². The van der Waals surface area contributed by atoms with Crippen LogP contribution < -0.4 is 10.1 Å². The maximum atomic E-state index is 13.6. The molecule has 1 aromatic carbocycles. The topological polar surface area (TPSA) is 62.9 Å². The smallest absolute Gasteiger partial charge is 0.193 e. The summed E-state index contributed by atoms with van der Waals surface area (Å²) in [4.78, 5) is 6.62. The minimum absolute atomic E-state index is 0. The van der Waals surface area contributed by atoms with Crippen LogP contribution in [-0.2, 0) is 6.42 Å². The number of aliphatic imine (C=N–C) groups is 1. The van der Waals surface area contributed by atoms with Gasteiger partial charge >= 0.3 is 0 Å². The highest BCUT2D eigenvalue weighted by Gasteiger charge is 2.10. The van der Waals surface area contributed by atoms with Gasteiger partial charge in [-0.3, -0.25) is 4.99 Å². The van der Waals surface area contributed by atoms with E-state index in [0.29, 0.717) is 19.7 Å². The lowest BCUT2D eigenvalue weighted by atomic mass is 10.1. The molecular formula is C19H28FIN4O2. The Morgan fingerprint density at radius 3 is 2.70 bits per heavy atom. The SMILES string of the molecule is CCNC(=NCCc1c(C)noc1C)N(C)CCOc1ccccc1F.I. The maximum Gasteiger partial charge on any atom is 0.193 e. The predicted octanol–water partition coefficient (Wildman–Crippen LogP) is 3.57. The van der Waals surface area contributed by atoms with Gasteiger partial charge in [0, 0.05) is 25.7 Å². The zero-order chi connectivity index (χ0) is 18.9. The average Bonchev–Trinajstić information content (AvgIpc) is 2.94. The van der Waals surface area contributed by atoms with Gasteiger partial charge in [-0.15, -0.1) is 24.0 Å². The molecular weight excluding hydrogens is 462 g/mol. The van der Waals surface area contributed by atoms with Gasteiger partial charge in [0.15, 0.2) is 17.5 Å². The Morgan fingerprint density at radius 1 is 1.33 bits per heavy atom. The Balaban J connectivity index is 0.00000364. The normalized spacial score (nSPS) is 11.1. The van der Waals surface area contributed by atoms with Crippen molar-refractivity contribution in [3.05, 3.63) is 47.1 Å². The van der Waals surface area contributed by atoms with Crippen molar-refractivity contribution < 1.29 is 13.7 Å². The highest BCUT2D eigenvalue weighted by molar-refractivity contribution is 14.0. The molecule has 0 saturated carbocycles. The molecule has 1 N–H and O–H groups in total. The van der Waals surface area contributed by atoms with E-state index in [1.165, 1.54) is 6.07 Å². The van der Waals surface area contributed by atoms with Crippen LogP contribution >= 0.6 is 24.0 Å². The number of hydrogen-bond donors (Lipinski definition) is 1. The minimum Gasteiger partial charge on any atom is -0.489 e. The monoisotopic (exact) mass is 490 g/mol. The van der Waals surface area contributed by atoms with E-state index in [0.717, 1.165) is 35.9 Å². The van der Waals surface area contributed by atoms with Crippen molar-refractivity contribution in [2.45, 2.75) is 27.2 Å². The second-order valence-electron chi connectivity index (χ2n) is 5.99. The lowest BCUT2D eigenvalue weighted by molar-refractivity contribution is 0.270. The Bertz CT molecular complexity index is 717. The van der Waals surface area contributed by atoms with Crippen LogP contribution in [0.2, 0.25) is 0 Å². The van der Waals surface area contributed by atoms with E-state index >= 15 is 0 Å². The van der Waals surface area contributed by atoms with Crippen LogP contribution in [0.1, 0.15) is 23.9 Å². The van der Waals surface area contributed by atoms with E-state index < -0.39 is 0 Å². The summed E-state index contributed by atoms with van der Waals surface area (Å²) in [5, 5.41) is 7.22. The second kappa shape index (κ2) is 11.8. The first kappa shape index (κ1) is 23.2. The third-order valence-corrected chi connectivity index (χ3v) is 4.02. The Kier molecular flexibility index (Phi) is 10.1. The zero-order valence-electron chi connectivity index (χ0n) is 16.3. The molecule has 150 valence electrons. The molecule has 0 aliphatic rings. The first-order valence-electron chi connectivity index (χ1n) is 8.81. The molecule has 0 spiro atoms. The number of nitrogens with zero attached hydrogens (tertiary/aromatic N) is 3. The number of aromatic nitrogens is 1. The Hall–Kier alpha value is -1.84. The molecule has 0 atom stereocenters. The summed E-state index contributed by atoms with van der Waals surface area (Å²) in [6, 6.07) is 6.41. The molecule has 6 nitrogen and oxygen atoms in total. The highest BCUT2D eigenvalue weighted by Crippen LogP contribution is 2.15. The van der Waals surface area contributed by atoms with E-state index in [2.05, 4.69) is 15.5 Å². The Morgan fingerprint density at radius 2 is 2.07 bits per heavy atom. The number of para-hydroxylation sites is 1. The van der Waals surface area contributed by atoms with E-state index in [4.69, 9.17) is 9.26 Å². The third kappa shape index (κ3) is 7.00. The number of rotatable bonds is 8. The summed E-state index contributed by atoms with van der Waals surface area (Å²) in [5.41, 5.74) is 2.02. The molecule has 0 fully saturated rings. The summed E-state index contributed by atoms with van der Waals surface area (Å²) in [5.74, 6) is 1.54. The first-order chi connectivity index (χ1) is 12.5. The van der Waals surface area contributed by atoms with Crippen molar-refractivity contribution in [3.8, 4) is 5.75 Å². The number of benzene rings is 1. The van der Waals surface area contributed by atoms with Crippen LogP contribution in [0.25, 0.3) is 0 Å². The Labute approximate surface area is 177 Å². The van der Waals surface area contributed by atoms with Crippen LogP contribution in [-0.4, -0.2) is 49.3 Å². The van der Waals surface area contributed by atoms with Gasteiger partial charge < -0.3 is 19.5 Å². The lowest BCUT2D eigenvalue weighted by Gasteiger charge is -2.22. The van der Waals surface area contributed by atoms with Crippen molar-refractivity contribution >= 4 is 29.9 Å². The highest BCUT2D eigenvalue weighted by atomic mass is 127. The van der Waals surface area contributed by atoms with Crippen molar-refractivity contribution in [2.75, 3.05) is 33.3 Å². The van der Waals surface area contributed by atoms with Crippen molar-refractivity contribution in [2.24, 2.45) is 4.99 Å². The van der Waals surface area contributed by atoms with Crippen molar-refractivity contribution in [1.29, 1.82) is 0 Å². The van der Waals surface area contributed by atoms with Crippen LogP contribution in [0.5, 0.6) is 5.75 Å². The van der Waals surface area contributed by atoms with Gasteiger partial charge in [0.05, 0.1) is 12.2 Å². The van der Waals surface area contributed by atoms with E-state index in [9.17, 15) is 4.39 Å². The van der Waals surface area contributed by atoms with Crippen LogP contribution in [0.4, 0.5) is 4.39 Å². The van der Waals surface area contributed by atoms with Crippen molar-refractivity contribution in [3.63, 3.8) is 0 Å². The first-order valence-corrected chi connectivity index (χ1v) is 8.81. The maximum absolute atomic E-state index is 13.6. The van der Waals surface area contributed by atoms with Gasteiger partial charge in [-0.05, 0) is 39.3 Å². The van der Waals surface area contributed by atoms with Crippen molar-refractivity contribution in [1.82, 2.24) is 15.4 Å². The number of halogens is 2. The molecule has 0 saturated heterocycles. The zero-order valence-corrected chi connectivity index (χ0v) is 18.6. The van der Waals surface area contributed by atoms with Gasteiger partial charge in [0.25, 0.3) is 0 Å². The standard InChI is InChI=1S/C19H27FN4O2.HI/c1-5-21-19(22-11-10-16-14(2)23-26-15(16)3)24(4)12-13-25-18-9-7-6-8-17(18)20;/h6-9H,5,10-13H2,1-4H3,(H,21,22);1H. The number of likely N-dealkylation sites (N-methyl/N-ethyl adjacent to an activating group) is 1. The molecule has 0 aliphatic heterocycles. The van der Waals surface area contributed by atoms with E-state index in [-0.39, 0.29) is 35.5 Å². The van der Waals surface area contributed by atoms with E-state index in [1.54, 1.807) is 18.2 Å². The number of guanidine groups is 1. The van der Waals surface area contributed by atoms with Gasteiger partial charge in [0.1, 0.15) is 12.4 Å². The fraction of sp³-hybridized carbons (Fsp3) is 0.474. The molecule has 0 unspecified atom stereocenters. The number of ether oxygens (including phenoxy) is 1. The van der Waals surface area contributed by atoms with Crippen LogP contribution in [0.15, 0.2) is 33.8 Å². The number of nitrogens with one attached hydrogen (secondary N) is 1. The third-order valence-electron chi connectivity index (χ3n) is 4.02. The second-order valence-corrected chi connectivity index (χ2v) is 5.99. The van der Waals surface area contributed by atoms with Gasteiger partial charge in [-0.2, -0.15) is 0 Å². The number of aryl methyl sites for hydroxylation is 2. The molecule has 27 heavy (non-hydrogen) atoms. The minimum atomic E-state index is -0.352. The predicted molar refractivity (Wildman–Crippen MR) is 116 cm³/mol. The summed E-state index contributed by atoms with van der Waals surface area (Å²) in [6.45, 7) is 8.22. The molecule has 0 bridgehead atoms. The quantitative estimate of drug-likeness (QED) is 0.349. The summed E-state index contributed by atoms with van der Waals surface area (Å²) >= 11 is 0. The van der Waals surface area contributed by atoms with Crippen LogP contribution in [0, 0.1) is 19.7 Å². The number of hydrogen-bond acceptors (Lipinski definition) is 4. The molecule has 0 aliphatic carbocycles. The fourth-order valence-electron chi connectivity index (χ4n) is 2.56. The lowest BCUT2D eigenvalue weighted by Crippen LogP contribution is -2.41.